The van der Waals surface area contributed by atoms with Crippen LogP contribution in [-0.4, -0.2) is 31.2 Å². The smallest absolute Gasteiger partial charge is 0.246 e. The molecule has 0 unspecified atom stereocenters. The lowest BCUT2D eigenvalue weighted by molar-refractivity contribution is -0.116. The Labute approximate surface area is 203 Å². The molecular weight excluding hydrogens is 466 g/mol. The van der Waals surface area contributed by atoms with E-state index in [1.165, 1.54) is 19.2 Å². The molecule has 10 heteroatoms. The standard InChI is InChI=1S/C25H25N5O4S/c1-17-12-14-18(15-13-17)27-25-23(35(32,33)19-8-4-3-5-9-19)24(26)30(29-25)16-22(31)28-20-10-6-7-11-21(20)34-2/h3-15H,16,26H2,1-2H3,(H,27,29)(H,28,31). The maximum atomic E-state index is 13.5. The molecule has 0 aliphatic heterocycles. The SMILES string of the molecule is COc1ccccc1NC(=O)Cn1nc(Nc2ccc(C)cc2)c(S(=O)(=O)c2ccccc2)c1N. The molecule has 0 aliphatic carbocycles. The summed E-state index contributed by atoms with van der Waals surface area (Å²) in [6.07, 6.45) is 0. The molecule has 0 spiro atoms. The van der Waals surface area contributed by atoms with Crippen molar-refractivity contribution >= 4 is 38.8 Å². The summed E-state index contributed by atoms with van der Waals surface area (Å²) in [5.41, 5.74) is 8.43. The zero-order chi connectivity index (χ0) is 25.0. The highest BCUT2D eigenvalue weighted by Gasteiger charge is 2.30. The van der Waals surface area contributed by atoms with Crippen molar-refractivity contribution in [1.82, 2.24) is 9.78 Å². The molecule has 0 saturated heterocycles. The number of carbonyl (C=O) groups excluding carboxylic acids is 1. The highest BCUT2D eigenvalue weighted by molar-refractivity contribution is 7.91. The molecule has 35 heavy (non-hydrogen) atoms. The van der Waals surface area contributed by atoms with Gasteiger partial charge in [-0.05, 0) is 43.3 Å². The van der Waals surface area contributed by atoms with Crippen LogP contribution in [0.4, 0.5) is 23.0 Å². The quantitative estimate of drug-likeness (QED) is 0.340. The van der Waals surface area contributed by atoms with Gasteiger partial charge in [-0.3, -0.25) is 4.79 Å². The number of methoxy groups -OCH3 is 1. The highest BCUT2D eigenvalue weighted by Crippen LogP contribution is 2.34. The summed E-state index contributed by atoms with van der Waals surface area (Å²) in [6, 6.07) is 22.3. The van der Waals surface area contributed by atoms with Gasteiger partial charge in [-0.2, -0.15) is 5.10 Å². The predicted octanol–water partition coefficient (Wildman–Crippen LogP) is 4.00. The van der Waals surface area contributed by atoms with Gasteiger partial charge in [0, 0.05) is 5.69 Å². The monoisotopic (exact) mass is 491 g/mol. The van der Waals surface area contributed by atoms with Crippen LogP contribution < -0.4 is 21.1 Å². The van der Waals surface area contributed by atoms with Crippen LogP contribution in [0.3, 0.4) is 0 Å². The number of nitrogens with two attached hydrogens (primary N) is 1. The molecule has 0 aliphatic rings. The number of rotatable bonds is 8. The molecule has 1 amide bonds. The van der Waals surface area contributed by atoms with Gasteiger partial charge in [-0.15, -0.1) is 0 Å². The van der Waals surface area contributed by atoms with E-state index in [9.17, 15) is 13.2 Å². The Balaban J connectivity index is 1.71. The lowest BCUT2D eigenvalue weighted by Crippen LogP contribution is -2.21. The van der Waals surface area contributed by atoms with Gasteiger partial charge in [0.15, 0.2) is 10.7 Å². The fourth-order valence-electron chi connectivity index (χ4n) is 3.49. The van der Waals surface area contributed by atoms with Crippen LogP contribution in [0, 0.1) is 6.92 Å². The number of anilines is 4. The van der Waals surface area contributed by atoms with E-state index in [1.807, 2.05) is 19.1 Å². The highest BCUT2D eigenvalue weighted by atomic mass is 32.2. The third-order valence-electron chi connectivity index (χ3n) is 5.26. The van der Waals surface area contributed by atoms with Crippen LogP contribution in [0.5, 0.6) is 5.75 Å². The normalized spacial score (nSPS) is 11.1. The second kappa shape index (κ2) is 9.90. The third kappa shape index (κ3) is 5.12. The van der Waals surface area contributed by atoms with Gasteiger partial charge in [0.25, 0.3) is 0 Å². The first-order chi connectivity index (χ1) is 16.8. The Morgan fingerprint density at radius 3 is 2.34 bits per heavy atom. The molecule has 0 saturated carbocycles. The van der Waals surface area contributed by atoms with Crippen molar-refractivity contribution in [3.8, 4) is 5.75 Å². The summed E-state index contributed by atoms with van der Waals surface area (Å²) in [7, 11) is -2.54. The summed E-state index contributed by atoms with van der Waals surface area (Å²) < 4.78 is 33.4. The number of nitrogens with one attached hydrogen (secondary N) is 2. The lowest BCUT2D eigenvalue weighted by atomic mass is 10.2. The number of nitrogens with zero attached hydrogens (tertiary/aromatic N) is 2. The molecule has 4 rings (SSSR count). The Bertz CT molecular complexity index is 1450. The van der Waals surface area contributed by atoms with Gasteiger partial charge in [0.05, 0.1) is 17.7 Å². The van der Waals surface area contributed by atoms with Gasteiger partial charge in [0.1, 0.15) is 18.1 Å². The number of amides is 1. The Hall–Kier alpha value is -4.31. The van der Waals surface area contributed by atoms with Crippen LogP contribution >= 0.6 is 0 Å². The fraction of sp³-hybridized carbons (Fsp3) is 0.120. The largest absolute Gasteiger partial charge is 0.495 e. The number of carbonyl (C=O) groups is 1. The number of para-hydroxylation sites is 2. The Morgan fingerprint density at radius 2 is 1.66 bits per heavy atom. The van der Waals surface area contributed by atoms with E-state index in [2.05, 4.69) is 15.7 Å². The predicted molar refractivity (Wildman–Crippen MR) is 135 cm³/mol. The fourth-order valence-corrected chi connectivity index (χ4v) is 4.97. The zero-order valence-electron chi connectivity index (χ0n) is 19.2. The van der Waals surface area contributed by atoms with E-state index in [1.54, 1.807) is 54.6 Å². The van der Waals surface area contributed by atoms with Gasteiger partial charge < -0.3 is 21.1 Å². The molecule has 0 fully saturated rings. The van der Waals surface area contributed by atoms with Gasteiger partial charge in [0.2, 0.25) is 15.7 Å². The van der Waals surface area contributed by atoms with Crippen LogP contribution in [0.1, 0.15) is 5.56 Å². The number of nitrogen functional groups attached to an aromatic ring is 1. The van der Waals surface area contributed by atoms with Gasteiger partial charge in [-0.25, -0.2) is 13.1 Å². The lowest BCUT2D eigenvalue weighted by Gasteiger charge is -2.10. The molecule has 0 radical (unpaired) electrons. The van der Waals surface area contributed by atoms with Gasteiger partial charge in [-0.1, -0.05) is 48.0 Å². The van der Waals surface area contributed by atoms with E-state index in [0.717, 1.165) is 10.2 Å². The molecule has 1 aromatic heterocycles. The van der Waals surface area contributed by atoms with E-state index in [4.69, 9.17) is 10.5 Å². The molecule has 3 aromatic carbocycles. The number of hydrogen-bond donors (Lipinski definition) is 3. The van der Waals surface area contributed by atoms with Crippen molar-refractivity contribution in [2.45, 2.75) is 23.3 Å². The third-order valence-corrected chi connectivity index (χ3v) is 7.09. The van der Waals surface area contributed by atoms with Crippen molar-refractivity contribution in [2.75, 3.05) is 23.5 Å². The van der Waals surface area contributed by atoms with Crippen molar-refractivity contribution in [2.24, 2.45) is 0 Å². The number of benzene rings is 3. The molecule has 9 nitrogen and oxygen atoms in total. The number of hydrogen-bond acceptors (Lipinski definition) is 7. The van der Waals surface area contributed by atoms with Crippen molar-refractivity contribution < 1.29 is 17.9 Å². The second-order valence-electron chi connectivity index (χ2n) is 7.78. The van der Waals surface area contributed by atoms with Crippen molar-refractivity contribution in [3.63, 3.8) is 0 Å². The number of aromatic nitrogens is 2. The summed E-state index contributed by atoms with van der Waals surface area (Å²) >= 11 is 0. The van der Waals surface area contributed by atoms with Crippen LogP contribution in [-0.2, 0) is 21.2 Å². The zero-order valence-corrected chi connectivity index (χ0v) is 20.0. The molecular formula is C25H25N5O4S. The maximum Gasteiger partial charge on any atom is 0.246 e. The Kier molecular flexibility index (Phi) is 6.74. The van der Waals surface area contributed by atoms with Gasteiger partial charge >= 0.3 is 0 Å². The average Bonchev–Trinajstić information content (AvgIpc) is 3.16. The average molecular weight is 492 g/mol. The summed E-state index contributed by atoms with van der Waals surface area (Å²) in [5.74, 6) is -0.0865. The minimum Gasteiger partial charge on any atom is -0.495 e. The first kappa shape index (κ1) is 23.8. The van der Waals surface area contributed by atoms with E-state index in [-0.39, 0.29) is 28.0 Å². The number of sulfone groups is 1. The second-order valence-corrected chi connectivity index (χ2v) is 9.66. The first-order valence-corrected chi connectivity index (χ1v) is 12.2. The molecule has 4 N–H and O–H groups in total. The topological polar surface area (TPSA) is 128 Å². The van der Waals surface area contributed by atoms with E-state index >= 15 is 0 Å². The van der Waals surface area contributed by atoms with E-state index < -0.39 is 15.7 Å². The minimum atomic E-state index is -4.04. The minimum absolute atomic E-state index is 0.0281. The maximum absolute atomic E-state index is 13.5. The molecule has 4 aromatic rings. The molecule has 0 atom stereocenters. The molecule has 1 heterocycles. The van der Waals surface area contributed by atoms with E-state index in [0.29, 0.717) is 17.1 Å². The van der Waals surface area contributed by atoms with Crippen LogP contribution in [0.15, 0.2) is 88.7 Å². The number of aryl methyl sites for hydroxylation is 1. The molecule has 180 valence electrons. The summed E-state index contributed by atoms with van der Waals surface area (Å²) in [5, 5.41) is 10.1. The van der Waals surface area contributed by atoms with Crippen LogP contribution in [0.2, 0.25) is 0 Å². The van der Waals surface area contributed by atoms with Crippen molar-refractivity contribution in [3.05, 3.63) is 84.4 Å². The summed E-state index contributed by atoms with van der Waals surface area (Å²) in [6.45, 7) is 1.64. The number of ether oxygens (including phenoxy) is 1. The summed E-state index contributed by atoms with van der Waals surface area (Å²) in [4.78, 5) is 12.7. The van der Waals surface area contributed by atoms with Crippen molar-refractivity contribution in [1.29, 1.82) is 0 Å². The van der Waals surface area contributed by atoms with Crippen LogP contribution in [0.25, 0.3) is 0 Å². The first-order valence-electron chi connectivity index (χ1n) is 10.7. The molecule has 0 bridgehead atoms. The Morgan fingerprint density at radius 1 is 1.00 bits per heavy atom.